The smallest absolute Gasteiger partial charge is 0.224 e. The second-order valence-electron chi connectivity index (χ2n) is 2.76. The lowest BCUT2D eigenvalue weighted by Crippen LogP contribution is -2.18. The maximum Gasteiger partial charge on any atom is 0.224 e. The van der Waals surface area contributed by atoms with Gasteiger partial charge in [0.1, 0.15) is 5.82 Å². The van der Waals surface area contributed by atoms with Crippen LogP contribution in [0.1, 0.15) is 12.2 Å². The molecule has 1 radical (unpaired) electrons. The van der Waals surface area contributed by atoms with Gasteiger partial charge in [0.25, 0.3) is 0 Å². The number of anilines is 1. The summed E-state index contributed by atoms with van der Waals surface area (Å²) in [6.45, 7) is 3.97. The quantitative estimate of drug-likeness (QED) is 0.636. The average Bonchev–Trinajstić information content (AvgIpc) is 2.55. The maximum absolute atomic E-state index is 4.00. The fourth-order valence-corrected chi connectivity index (χ4v) is 1.25. The van der Waals surface area contributed by atoms with Gasteiger partial charge in [0.05, 0.1) is 0 Å². The number of aromatic nitrogens is 3. The molecule has 1 fully saturated rings. The van der Waals surface area contributed by atoms with Crippen molar-refractivity contribution in [2.75, 3.05) is 18.0 Å². The number of aromatic amines is 1. The van der Waals surface area contributed by atoms with Crippen molar-refractivity contribution < 1.29 is 0 Å². The summed E-state index contributed by atoms with van der Waals surface area (Å²) in [6, 6.07) is 0. The van der Waals surface area contributed by atoms with E-state index in [-0.39, 0.29) is 0 Å². The van der Waals surface area contributed by atoms with Crippen molar-refractivity contribution >= 4 is 5.95 Å². The van der Waals surface area contributed by atoms with E-state index in [0.717, 1.165) is 31.3 Å². The van der Waals surface area contributed by atoms with Crippen LogP contribution in [0.3, 0.4) is 0 Å². The Labute approximate surface area is 65.6 Å². The molecule has 2 rings (SSSR count). The zero-order chi connectivity index (χ0) is 7.68. The Balaban J connectivity index is 2.15. The molecule has 0 atom stereocenters. The Kier molecular flexibility index (Phi) is 1.52. The lowest BCUT2D eigenvalue weighted by Gasteiger charge is -2.11. The largest absolute Gasteiger partial charge is 0.341 e. The Hall–Kier alpha value is -1.06. The fourth-order valence-electron chi connectivity index (χ4n) is 1.25. The molecular formula is C7H11N4. The summed E-state index contributed by atoms with van der Waals surface area (Å²) >= 11 is 0. The molecule has 0 aliphatic carbocycles. The Morgan fingerprint density at radius 2 is 2.45 bits per heavy atom. The molecule has 0 bridgehead atoms. The summed E-state index contributed by atoms with van der Waals surface area (Å²) in [5.74, 6) is 1.78. The van der Waals surface area contributed by atoms with Crippen molar-refractivity contribution in [1.29, 1.82) is 0 Å². The minimum Gasteiger partial charge on any atom is -0.341 e. The molecule has 4 nitrogen and oxygen atoms in total. The molecule has 11 heavy (non-hydrogen) atoms. The van der Waals surface area contributed by atoms with E-state index in [1.165, 1.54) is 0 Å². The van der Waals surface area contributed by atoms with Crippen molar-refractivity contribution in [2.24, 2.45) is 0 Å². The molecule has 0 saturated carbocycles. The first kappa shape index (κ1) is 6.64. The Bertz CT molecular complexity index is 236. The summed E-state index contributed by atoms with van der Waals surface area (Å²) < 4.78 is 0. The van der Waals surface area contributed by atoms with Crippen molar-refractivity contribution in [3.05, 3.63) is 12.2 Å². The van der Waals surface area contributed by atoms with Crippen LogP contribution in [0, 0.1) is 13.3 Å². The maximum atomic E-state index is 4.00. The van der Waals surface area contributed by atoms with Gasteiger partial charge in [-0.2, -0.15) is 0 Å². The van der Waals surface area contributed by atoms with Crippen molar-refractivity contribution in [2.45, 2.75) is 13.3 Å². The highest BCUT2D eigenvalue weighted by Gasteiger charge is 2.14. The van der Waals surface area contributed by atoms with Gasteiger partial charge in [-0.15, -0.1) is 10.2 Å². The standard InChI is InChI=1S/C7H11N4/c1-6-8-7(10-9-6)11-4-2-3-5-11/h2H,3-5H2,1H3,(H,8,9,10). The van der Waals surface area contributed by atoms with Gasteiger partial charge < -0.3 is 9.88 Å². The van der Waals surface area contributed by atoms with E-state index < -0.39 is 0 Å². The molecule has 0 amide bonds. The third-order valence-electron chi connectivity index (χ3n) is 1.84. The molecular weight excluding hydrogens is 140 g/mol. The molecule has 0 aromatic carbocycles. The summed E-state index contributed by atoms with van der Waals surface area (Å²) in [6.07, 6.45) is 3.40. The second-order valence-corrected chi connectivity index (χ2v) is 2.76. The molecule has 59 valence electrons. The number of hydrogen-bond acceptors (Lipinski definition) is 3. The molecule has 1 saturated heterocycles. The van der Waals surface area contributed by atoms with Crippen LogP contribution in [0.4, 0.5) is 5.95 Å². The molecule has 0 unspecified atom stereocenters. The first-order valence-electron chi connectivity index (χ1n) is 3.82. The summed E-state index contributed by atoms with van der Waals surface area (Å²) in [5.41, 5.74) is 0. The van der Waals surface area contributed by atoms with E-state index in [2.05, 4.69) is 26.5 Å². The van der Waals surface area contributed by atoms with Gasteiger partial charge in [-0.3, -0.25) is 0 Å². The highest BCUT2D eigenvalue weighted by Crippen LogP contribution is 2.13. The topological polar surface area (TPSA) is 44.8 Å². The highest BCUT2D eigenvalue weighted by atomic mass is 15.4. The predicted octanol–water partition coefficient (Wildman–Crippen LogP) is 0.528. The van der Waals surface area contributed by atoms with Gasteiger partial charge in [0.2, 0.25) is 5.95 Å². The number of rotatable bonds is 1. The second kappa shape index (κ2) is 2.53. The van der Waals surface area contributed by atoms with Crippen LogP contribution in [-0.4, -0.2) is 28.3 Å². The summed E-state index contributed by atoms with van der Waals surface area (Å²) in [5, 5.41) is 7.90. The molecule has 4 heteroatoms. The minimum absolute atomic E-state index is 0.881. The zero-order valence-corrected chi connectivity index (χ0v) is 6.54. The lowest BCUT2D eigenvalue weighted by molar-refractivity contribution is 0.905. The zero-order valence-electron chi connectivity index (χ0n) is 6.54. The number of hydrogen-bond donors (Lipinski definition) is 1. The molecule has 2 heterocycles. The van der Waals surface area contributed by atoms with E-state index in [1.54, 1.807) is 0 Å². The van der Waals surface area contributed by atoms with Crippen LogP contribution >= 0.6 is 0 Å². The Morgan fingerprint density at radius 3 is 3.00 bits per heavy atom. The van der Waals surface area contributed by atoms with Crippen LogP contribution in [0.5, 0.6) is 0 Å². The Morgan fingerprint density at radius 1 is 1.55 bits per heavy atom. The van der Waals surface area contributed by atoms with Gasteiger partial charge >= 0.3 is 0 Å². The third kappa shape index (κ3) is 1.20. The van der Waals surface area contributed by atoms with Gasteiger partial charge in [-0.05, 0) is 19.8 Å². The van der Waals surface area contributed by atoms with Gasteiger partial charge in [-0.25, -0.2) is 0 Å². The van der Waals surface area contributed by atoms with Crippen LogP contribution in [0.15, 0.2) is 0 Å². The van der Waals surface area contributed by atoms with Crippen molar-refractivity contribution in [3.63, 3.8) is 0 Å². The number of aryl methyl sites for hydroxylation is 1. The van der Waals surface area contributed by atoms with Gasteiger partial charge in [-0.1, -0.05) is 0 Å². The van der Waals surface area contributed by atoms with Gasteiger partial charge in [0.15, 0.2) is 0 Å². The van der Waals surface area contributed by atoms with E-state index in [0.29, 0.717) is 0 Å². The molecule has 1 aliphatic heterocycles. The predicted molar refractivity (Wildman–Crippen MR) is 42.2 cm³/mol. The molecule has 1 aromatic heterocycles. The first-order valence-corrected chi connectivity index (χ1v) is 3.82. The van der Waals surface area contributed by atoms with Crippen LogP contribution in [0.2, 0.25) is 0 Å². The molecule has 1 aromatic rings. The molecule has 1 aliphatic rings. The number of nitrogens with one attached hydrogen (secondary N) is 1. The molecule has 1 N–H and O–H groups in total. The lowest BCUT2D eigenvalue weighted by atomic mass is 10.4. The third-order valence-corrected chi connectivity index (χ3v) is 1.84. The van der Waals surface area contributed by atoms with Crippen LogP contribution in [0.25, 0.3) is 0 Å². The normalized spacial score (nSPS) is 17.7. The summed E-state index contributed by atoms with van der Waals surface area (Å²) in [7, 11) is 0. The highest BCUT2D eigenvalue weighted by molar-refractivity contribution is 5.31. The molecule has 0 spiro atoms. The van der Waals surface area contributed by atoms with Crippen molar-refractivity contribution in [1.82, 2.24) is 15.2 Å². The minimum atomic E-state index is 0.881. The van der Waals surface area contributed by atoms with Crippen LogP contribution in [-0.2, 0) is 0 Å². The first-order chi connectivity index (χ1) is 5.36. The monoisotopic (exact) mass is 151 g/mol. The number of H-pyrrole nitrogens is 1. The van der Waals surface area contributed by atoms with Crippen molar-refractivity contribution in [3.8, 4) is 0 Å². The van der Waals surface area contributed by atoms with Gasteiger partial charge in [0, 0.05) is 13.1 Å². The van der Waals surface area contributed by atoms with E-state index >= 15 is 0 Å². The fraction of sp³-hybridized carbons (Fsp3) is 0.571. The van der Waals surface area contributed by atoms with E-state index in [4.69, 9.17) is 0 Å². The van der Waals surface area contributed by atoms with Crippen LogP contribution < -0.4 is 4.90 Å². The number of nitrogens with zero attached hydrogens (tertiary/aromatic N) is 3. The van der Waals surface area contributed by atoms with E-state index in [9.17, 15) is 0 Å². The van der Waals surface area contributed by atoms with E-state index in [1.807, 2.05) is 6.92 Å². The SMILES string of the molecule is Cc1nnc(N2C[CH]CC2)[nH]1. The average molecular weight is 151 g/mol. The summed E-state index contributed by atoms with van der Waals surface area (Å²) in [4.78, 5) is 5.28.